The molecule has 0 amide bonds. The van der Waals surface area contributed by atoms with Gasteiger partial charge in [0.1, 0.15) is 0 Å². The van der Waals surface area contributed by atoms with Gasteiger partial charge in [-0.2, -0.15) is 0 Å². The van der Waals surface area contributed by atoms with Gasteiger partial charge >= 0.3 is 111 Å². The molecule has 0 fully saturated rings. The molecule has 1 aromatic rings. The van der Waals surface area contributed by atoms with Crippen LogP contribution in [0.2, 0.25) is 0 Å². The molecule has 102 valence electrons. The molecule has 20 heavy (non-hydrogen) atoms. The Hall–Kier alpha value is -0.990. The van der Waals surface area contributed by atoms with Gasteiger partial charge in [0, 0.05) is 0 Å². The molecule has 2 aliphatic carbocycles. The minimum absolute atomic E-state index is 0. The normalized spacial score (nSPS) is 15.5. The fourth-order valence-electron chi connectivity index (χ4n) is 2.45. The molecule has 0 N–H and O–H groups in total. The Morgan fingerprint density at radius 1 is 0.950 bits per heavy atom. The Kier molecular flexibility index (Phi) is 6.41. The van der Waals surface area contributed by atoms with Crippen molar-refractivity contribution in [2.75, 3.05) is 6.61 Å². The molecule has 0 unspecified atom stereocenters. The molecular formula is C18H20HfO. The van der Waals surface area contributed by atoms with Gasteiger partial charge in [0.2, 0.25) is 0 Å². The molecule has 1 nitrogen and oxygen atoms in total. The minimum Gasteiger partial charge on any atom is -0.855 e. The van der Waals surface area contributed by atoms with E-state index in [1.807, 2.05) is 0 Å². The fraction of sp³-hybridized carbons (Fsp3) is 0.222. The summed E-state index contributed by atoms with van der Waals surface area (Å²) < 4.78 is 5.09. The molecular weight excluding hydrogens is 411 g/mol. The van der Waals surface area contributed by atoms with Crippen LogP contribution in [0.5, 0.6) is 0 Å². The van der Waals surface area contributed by atoms with Gasteiger partial charge in [-0.3, -0.25) is 0 Å². The Bertz CT molecular complexity index is 508. The van der Waals surface area contributed by atoms with Crippen LogP contribution in [0.1, 0.15) is 19.8 Å². The summed E-state index contributed by atoms with van der Waals surface area (Å²) in [6, 6.07) is 11.2. The van der Waals surface area contributed by atoms with Crippen molar-refractivity contribution in [2.24, 2.45) is 0 Å². The largest absolute Gasteiger partial charge is 0.855 e. The van der Waals surface area contributed by atoms with E-state index in [4.69, 9.17) is 5.11 Å². The van der Waals surface area contributed by atoms with Crippen LogP contribution in [0.4, 0.5) is 0 Å². The average molecular weight is 431 g/mol. The van der Waals surface area contributed by atoms with E-state index in [0.717, 1.165) is 0 Å². The molecule has 0 radical (unpaired) electrons. The molecule has 0 heterocycles. The van der Waals surface area contributed by atoms with Crippen LogP contribution in [-0.2, 0) is 21.4 Å². The Balaban J connectivity index is 0.000000452. The first kappa shape index (κ1) is 15.4. The average Bonchev–Trinajstić information content (AvgIpc) is 3.15. The molecule has 0 aromatic heterocycles. The smallest absolute Gasteiger partial charge is 0.0809 e. The van der Waals surface area contributed by atoms with Gasteiger partial charge in [-0.1, -0.05) is 6.92 Å². The summed E-state index contributed by atoms with van der Waals surface area (Å²) in [6.07, 6.45) is 16.2. The van der Waals surface area contributed by atoms with Crippen molar-refractivity contribution in [3.8, 4) is 0 Å². The zero-order chi connectivity index (χ0) is 14.2. The van der Waals surface area contributed by atoms with Crippen LogP contribution >= 0.6 is 0 Å². The second-order valence-corrected chi connectivity index (χ2v) is 14.1. The molecule has 1 aromatic carbocycles. The topological polar surface area (TPSA) is 23.1 Å². The Morgan fingerprint density at radius 3 is 1.85 bits per heavy atom. The van der Waals surface area contributed by atoms with Gasteiger partial charge < -0.3 is 5.11 Å². The van der Waals surface area contributed by atoms with Crippen molar-refractivity contribution >= 4 is 3.32 Å². The van der Waals surface area contributed by atoms with Crippen molar-refractivity contribution in [2.45, 2.75) is 19.8 Å². The summed E-state index contributed by atoms with van der Waals surface area (Å²) >= 11 is -1.94. The standard InChI is InChI=1S/C6H5.2C5H5.C2H5O.Hf/c1-2-4-6-5-3-1;2*1-2-4-5-3-1;1-2-3;/h1-5H;2*1-3H,4H2;2H2,1H3;/q;;;-1;+1. The van der Waals surface area contributed by atoms with E-state index in [-0.39, 0.29) is 6.61 Å². The second kappa shape index (κ2) is 8.33. The monoisotopic (exact) mass is 432 g/mol. The predicted molar refractivity (Wildman–Crippen MR) is 80.3 cm³/mol. The van der Waals surface area contributed by atoms with E-state index in [1.165, 1.54) is 12.8 Å². The maximum Gasteiger partial charge on any atom is -0.0809 e. The zero-order valence-corrected chi connectivity index (χ0v) is 15.5. The molecule has 0 saturated carbocycles. The van der Waals surface area contributed by atoms with E-state index in [2.05, 4.69) is 66.8 Å². The van der Waals surface area contributed by atoms with E-state index in [1.54, 1.807) is 16.9 Å². The number of benzene rings is 1. The SMILES string of the molecule is C1=CC[C]([Hf+]([C]2=CC=CC2)[c]2ccccc2)=C1.CC[O-]. The molecule has 0 spiro atoms. The number of hydrogen-bond acceptors (Lipinski definition) is 1. The third kappa shape index (κ3) is 4.00. The van der Waals surface area contributed by atoms with Gasteiger partial charge in [-0.05, 0) is 0 Å². The quantitative estimate of drug-likeness (QED) is 0.676. The Morgan fingerprint density at radius 2 is 1.45 bits per heavy atom. The van der Waals surface area contributed by atoms with Crippen LogP contribution in [-0.4, -0.2) is 6.61 Å². The van der Waals surface area contributed by atoms with E-state index in [0.29, 0.717) is 0 Å². The first-order chi connectivity index (χ1) is 9.86. The molecule has 3 rings (SSSR count). The minimum atomic E-state index is -1.94. The molecule has 2 aliphatic rings. The van der Waals surface area contributed by atoms with Gasteiger partial charge in [-0.15, -0.1) is 6.61 Å². The number of allylic oxidation sites excluding steroid dienone is 8. The number of rotatable bonds is 3. The summed E-state index contributed by atoms with van der Waals surface area (Å²) in [5.41, 5.74) is 0. The molecule has 0 saturated heterocycles. The third-order valence-electron chi connectivity index (χ3n) is 3.25. The van der Waals surface area contributed by atoms with Crippen LogP contribution in [0.3, 0.4) is 0 Å². The first-order valence-corrected chi connectivity index (χ1v) is 12.5. The van der Waals surface area contributed by atoms with E-state index >= 15 is 0 Å². The summed E-state index contributed by atoms with van der Waals surface area (Å²) in [5.74, 6) is 0. The summed E-state index contributed by atoms with van der Waals surface area (Å²) in [6.45, 7) is 1.57. The van der Waals surface area contributed by atoms with Crippen molar-refractivity contribution < 1.29 is 26.5 Å². The van der Waals surface area contributed by atoms with Gasteiger partial charge in [-0.25, -0.2) is 0 Å². The van der Waals surface area contributed by atoms with Crippen molar-refractivity contribution in [1.82, 2.24) is 0 Å². The van der Waals surface area contributed by atoms with Gasteiger partial charge in [0.25, 0.3) is 0 Å². The van der Waals surface area contributed by atoms with Crippen molar-refractivity contribution in [3.05, 3.63) is 73.4 Å². The Labute approximate surface area is 129 Å². The summed E-state index contributed by atoms with van der Waals surface area (Å²) in [4.78, 5) is 0. The van der Waals surface area contributed by atoms with E-state index < -0.39 is 21.4 Å². The van der Waals surface area contributed by atoms with Crippen LogP contribution in [0, 0.1) is 0 Å². The summed E-state index contributed by atoms with van der Waals surface area (Å²) in [7, 11) is 0. The van der Waals surface area contributed by atoms with Crippen molar-refractivity contribution in [1.29, 1.82) is 0 Å². The zero-order valence-electron chi connectivity index (χ0n) is 11.9. The molecule has 0 bridgehead atoms. The van der Waals surface area contributed by atoms with Crippen molar-refractivity contribution in [3.63, 3.8) is 0 Å². The maximum absolute atomic E-state index is 8.93. The molecule has 0 aliphatic heterocycles. The third-order valence-corrected chi connectivity index (χ3v) is 13.8. The molecule has 0 atom stereocenters. The fourth-order valence-corrected chi connectivity index (χ4v) is 12.7. The second-order valence-electron chi connectivity index (χ2n) is 4.68. The van der Waals surface area contributed by atoms with Crippen LogP contribution in [0.15, 0.2) is 73.4 Å². The summed E-state index contributed by atoms with van der Waals surface area (Å²) in [5, 5.41) is 8.93. The van der Waals surface area contributed by atoms with Crippen LogP contribution in [0.25, 0.3) is 0 Å². The first-order valence-electron chi connectivity index (χ1n) is 7.09. The van der Waals surface area contributed by atoms with Gasteiger partial charge in [0.05, 0.1) is 0 Å². The predicted octanol–water partition coefficient (Wildman–Crippen LogP) is 2.98. The van der Waals surface area contributed by atoms with E-state index in [9.17, 15) is 0 Å². The molecule has 2 heteroatoms. The van der Waals surface area contributed by atoms with Gasteiger partial charge in [0.15, 0.2) is 0 Å². The van der Waals surface area contributed by atoms with Crippen LogP contribution < -0.4 is 8.43 Å². The number of hydrogen-bond donors (Lipinski definition) is 0. The maximum atomic E-state index is 8.93.